The zero-order valence-corrected chi connectivity index (χ0v) is 27.4. The number of nitrogens with one attached hydrogen (secondary N) is 1. The molecule has 0 aliphatic carbocycles. The van der Waals surface area contributed by atoms with Crippen molar-refractivity contribution < 1.29 is 14.2 Å². The Morgan fingerprint density at radius 2 is 1.64 bits per heavy atom. The van der Waals surface area contributed by atoms with Gasteiger partial charge in [0.1, 0.15) is 24.3 Å². The fourth-order valence-electron chi connectivity index (χ4n) is 6.19. The van der Waals surface area contributed by atoms with Gasteiger partial charge in [0.2, 0.25) is 5.79 Å². The van der Waals surface area contributed by atoms with Crippen molar-refractivity contribution in [2.24, 2.45) is 0 Å². The van der Waals surface area contributed by atoms with Gasteiger partial charge >= 0.3 is 5.69 Å². The van der Waals surface area contributed by atoms with Gasteiger partial charge in [0.05, 0.1) is 30.2 Å². The van der Waals surface area contributed by atoms with Crippen molar-refractivity contribution in [3.8, 4) is 11.4 Å². The number of imidazole rings is 1. The van der Waals surface area contributed by atoms with Gasteiger partial charge in [-0.1, -0.05) is 36.2 Å². The number of aryl methyl sites for hydroxylation is 1. The van der Waals surface area contributed by atoms with Crippen LogP contribution in [0.1, 0.15) is 18.3 Å². The zero-order valence-electron chi connectivity index (χ0n) is 25.9. The Morgan fingerprint density at radius 3 is 2.28 bits per heavy atom. The topological polar surface area (TPSA) is 103 Å². The van der Waals surface area contributed by atoms with Crippen molar-refractivity contribution in [3.05, 3.63) is 117 Å². The number of H-pyrrole nitrogens is 1. The van der Waals surface area contributed by atoms with Crippen LogP contribution in [-0.2, 0) is 28.2 Å². The first-order chi connectivity index (χ1) is 22.9. The minimum atomic E-state index is -1.09. The van der Waals surface area contributed by atoms with Crippen LogP contribution in [0.2, 0.25) is 10.0 Å². The summed E-state index contributed by atoms with van der Waals surface area (Å²) in [6.07, 6.45) is 5.66. The minimum absolute atomic E-state index is 0.219. The largest absolute Gasteiger partial charge is 0.491 e. The maximum absolute atomic E-state index is 12.2. The number of rotatable bonds is 10. The Morgan fingerprint density at radius 1 is 0.957 bits per heavy atom. The molecule has 0 amide bonds. The highest BCUT2D eigenvalue weighted by atomic mass is 35.5. The number of aromatic amines is 1. The van der Waals surface area contributed by atoms with Gasteiger partial charge in [-0.3, -0.25) is 0 Å². The van der Waals surface area contributed by atoms with Gasteiger partial charge in [0.25, 0.3) is 0 Å². The Balaban J connectivity index is 0.935. The van der Waals surface area contributed by atoms with E-state index in [0.717, 1.165) is 54.8 Å². The second kappa shape index (κ2) is 13.4. The van der Waals surface area contributed by atoms with Crippen molar-refractivity contribution in [2.45, 2.75) is 31.8 Å². The van der Waals surface area contributed by atoms with E-state index in [9.17, 15) is 4.79 Å². The molecule has 1 N–H and O–H groups in total. The number of hydrogen-bond acceptors (Lipinski definition) is 8. The van der Waals surface area contributed by atoms with Gasteiger partial charge in [-0.05, 0) is 60.7 Å². The molecule has 0 spiro atoms. The Bertz CT molecular complexity index is 1850. The zero-order chi connectivity index (χ0) is 32.4. The van der Waals surface area contributed by atoms with E-state index in [0.29, 0.717) is 41.8 Å². The van der Waals surface area contributed by atoms with Crippen molar-refractivity contribution in [1.29, 1.82) is 0 Å². The molecule has 4 heterocycles. The van der Waals surface area contributed by atoms with Gasteiger partial charge in [-0.15, -0.1) is 0 Å². The van der Waals surface area contributed by atoms with E-state index in [1.54, 1.807) is 29.2 Å². The average Bonchev–Trinajstić information content (AvgIpc) is 3.85. The first-order valence-corrected chi connectivity index (χ1v) is 16.4. The lowest BCUT2D eigenvalue weighted by atomic mass is 10.1. The van der Waals surface area contributed by atoms with E-state index in [-0.39, 0.29) is 11.8 Å². The van der Waals surface area contributed by atoms with Gasteiger partial charge in [-0.2, -0.15) is 5.10 Å². The Kier molecular flexibility index (Phi) is 8.96. The summed E-state index contributed by atoms with van der Waals surface area (Å²) in [5.41, 5.74) is 3.59. The molecule has 47 heavy (non-hydrogen) atoms. The van der Waals surface area contributed by atoms with Crippen molar-refractivity contribution >= 4 is 34.6 Å². The smallest absolute Gasteiger partial charge is 0.347 e. The number of anilines is 2. The van der Waals surface area contributed by atoms with E-state index in [1.807, 2.05) is 48.0 Å². The molecule has 0 bridgehead atoms. The summed E-state index contributed by atoms with van der Waals surface area (Å²) in [5, 5.41) is 7.66. The summed E-state index contributed by atoms with van der Waals surface area (Å²) in [5.74, 6) is 0.384. The van der Waals surface area contributed by atoms with Crippen molar-refractivity contribution in [1.82, 2.24) is 24.3 Å². The number of ether oxygens (including phenoxy) is 3. The molecule has 2 aliphatic rings. The maximum atomic E-state index is 12.2. The fourth-order valence-corrected chi connectivity index (χ4v) is 6.74. The molecule has 2 fully saturated rings. The van der Waals surface area contributed by atoms with Crippen molar-refractivity contribution in [3.63, 3.8) is 0 Å². The summed E-state index contributed by atoms with van der Waals surface area (Å²) >= 11 is 12.8. The standard InChI is InChI=1S/C34H35Cl2N7O4/c1-2-32-38-39-33(44)43(32)27-6-4-25(5-7-27)41-15-17-42(18-16-41)26-8-10-28(11-9-26)45-20-29-21-46-34(47-29,22-40-14-13-37-23-40)30-12-3-24(35)19-31(30)36/h3-14,19,23,29H,2,15-18,20-22H2,1H3,(H,39,44)/t29-,34?/m1/s1. The number of hydrogen-bond donors (Lipinski definition) is 1. The van der Waals surface area contributed by atoms with Crippen LogP contribution >= 0.6 is 23.2 Å². The number of benzene rings is 3. The average molecular weight is 677 g/mol. The molecule has 1 unspecified atom stereocenters. The SMILES string of the molecule is CCc1n[nH]c(=O)n1-c1ccc(N2CCN(c3ccc(OC[C@@H]4COC(Cn5ccnc5)(c5ccc(Cl)cc5Cl)O4)cc3)CC2)cc1. The molecule has 2 aromatic heterocycles. The predicted octanol–water partition coefficient (Wildman–Crippen LogP) is 5.30. The van der Waals surface area contributed by atoms with E-state index in [4.69, 9.17) is 37.4 Å². The number of aromatic nitrogens is 5. The molecule has 7 rings (SSSR count). The highest BCUT2D eigenvalue weighted by Crippen LogP contribution is 2.40. The van der Waals surface area contributed by atoms with E-state index in [1.165, 1.54) is 0 Å². The lowest BCUT2D eigenvalue weighted by molar-refractivity contribution is -0.189. The Hall–Kier alpha value is -4.29. The van der Waals surface area contributed by atoms with Crippen LogP contribution in [-0.4, -0.2) is 69.8 Å². The molecule has 3 aromatic carbocycles. The second-order valence-corrected chi connectivity index (χ2v) is 12.4. The van der Waals surface area contributed by atoms with E-state index < -0.39 is 5.79 Å². The molecule has 11 nitrogen and oxygen atoms in total. The molecular weight excluding hydrogens is 641 g/mol. The van der Waals surface area contributed by atoms with Crippen LogP contribution in [0, 0.1) is 0 Å². The van der Waals surface area contributed by atoms with Crippen LogP contribution in [0.25, 0.3) is 5.69 Å². The van der Waals surface area contributed by atoms with Gasteiger partial charge < -0.3 is 28.6 Å². The molecule has 5 aromatic rings. The molecule has 244 valence electrons. The number of halogens is 2. The third kappa shape index (κ3) is 6.62. The Labute approximate surface area is 282 Å². The van der Waals surface area contributed by atoms with E-state index >= 15 is 0 Å². The first kappa shape index (κ1) is 31.3. The predicted molar refractivity (Wildman–Crippen MR) is 181 cm³/mol. The monoisotopic (exact) mass is 675 g/mol. The summed E-state index contributed by atoms with van der Waals surface area (Å²) < 4.78 is 22.5. The minimum Gasteiger partial charge on any atom is -0.491 e. The normalized spacial score (nSPS) is 19.8. The fraction of sp³-hybridized carbons (Fsp3) is 0.324. The lowest BCUT2D eigenvalue weighted by Gasteiger charge is -2.37. The molecular formula is C34H35Cl2N7O4. The summed E-state index contributed by atoms with van der Waals surface area (Å²) in [6, 6.07) is 21.6. The molecule has 2 saturated heterocycles. The maximum Gasteiger partial charge on any atom is 0.347 e. The third-order valence-electron chi connectivity index (χ3n) is 8.60. The van der Waals surface area contributed by atoms with Crippen LogP contribution in [0.15, 0.2) is 90.2 Å². The molecule has 2 atom stereocenters. The molecule has 2 aliphatic heterocycles. The number of nitrogens with zero attached hydrogens (tertiary/aromatic N) is 6. The highest BCUT2D eigenvalue weighted by Gasteiger charge is 2.45. The van der Waals surface area contributed by atoms with Crippen LogP contribution in [0.5, 0.6) is 5.75 Å². The lowest BCUT2D eigenvalue weighted by Crippen LogP contribution is -2.46. The third-order valence-corrected chi connectivity index (χ3v) is 9.15. The molecule has 0 saturated carbocycles. The van der Waals surface area contributed by atoms with Crippen LogP contribution in [0.3, 0.4) is 0 Å². The van der Waals surface area contributed by atoms with Crippen LogP contribution in [0.4, 0.5) is 11.4 Å². The van der Waals surface area contributed by atoms with E-state index in [2.05, 4.69) is 49.2 Å². The van der Waals surface area contributed by atoms with Crippen molar-refractivity contribution in [2.75, 3.05) is 49.2 Å². The number of piperazine rings is 1. The van der Waals surface area contributed by atoms with Crippen LogP contribution < -0.4 is 20.2 Å². The quantitative estimate of drug-likeness (QED) is 0.213. The highest BCUT2D eigenvalue weighted by molar-refractivity contribution is 6.35. The van der Waals surface area contributed by atoms with Gasteiger partial charge in [0, 0.05) is 67.0 Å². The first-order valence-electron chi connectivity index (χ1n) is 15.6. The summed E-state index contributed by atoms with van der Waals surface area (Å²) in [7, 11) is 0. The summed E-state index contributed by atoms with van der Waals surface area (Å²) in [6.45, 7) is 6.59. The molecule has 13 heteroatoms. The van der Waals surface area contributed by atoms with Gasteiger partial charge in [0.15, 0.2) is 0 Å². The summed E-state index contributed by atoms with van der Waals surface area (Å²) in [4.78, 5) is 21.1. The van der Waals surface area contributed by atoms with Gasteiger partial charge in [-0.25, -0.2) is 19.4 Å². The molecule has 0 radical (unpaired) electrons. The second-order valence-electron chi connectivity index (χ2n) is 11.6.